The second-order valence-electron chi connectivity index (χ2n) is 6.54. The maximum absolute atomic E-state index is 5.93. The predicted octanol–water partition coefficient (Wildman–Crippen LogP) is 5.43. The van der Waals surface area contributed by atoms with Gasteiger partial charge in [-0.1, -0.05) is 55.7 Å². The lowest BCUT2D eigenvalue weighted by atomic mass is 10.1. The third-order valence-electron chi connectivity index (χ3n) is 4.34. The third-order valence-corrected chi connectivity index (χ3v) is 4.59. The molecule has 1 aliphatic heterocycles. The lowest BCUT2D eigenvalue weighted by molar-refractivity contribution is 0.0561. The first kappa shape index (κ1) is 20.0. The molecule has 0 bridgehead atoms. The van der Waals surface area contributed by atoms with E-state index in [4.69, 9.17) is 16.4 Å². The van der Waals surface area contributed by atoms with Crippen LogP contribution in [0.4, 0.5) is 0 Å². The molecule has 1 aromatic rings. The van der Waals surface area contributed by atoms with Crippen LogP contribution in [0.2, 0.25) is 5.02 Å². The molecule has 3 nitrogen and oxygen atoms in total. The van der Waals surface area contributed by atoms with E-state index in [1.807, 2.05) is 24.3 Å². The van der Waals surface area contributed by atoms with Crippen LogP contribution < -0.4 is 5.48 Å². The highest BCUT2D eigenvalue weighted by Gasteiger charge is 2.08. The number of allylic oxidation sites excluding steroid dienone is 2. The van der Waals surface area contributed by atoms with Gasteiger partial charge in [0.05, 0.1) is 12.3 Å². The third kappa shape index (κ3) is 8.57. The largest absolute Gasteiger partial charge is 0.303 e. The number of benzene rings is 1. The highest BCUT2D eigenvalue weighted by Crippen LogP contribution is 2.12. The van der Waals surface area contributed by atoms with Gasteiger partial charge >= 0.3 is 0 Å². The highest BCUT2D eigenvalue weighted by atomic mass is 35.5. The summed E-state index contributed by atoms with van der Waals surface area (Å²) in [4.78, 5) is 8.22. The van der Waals surface area contributed by atoms with E-state index in [-0.39, 0.29) is 0 Å². The maximum Gasteiger partial charge on any atom is 0.0758 e. The summed E-state index contributed by atoms with van der Waals surface area (Å²) in [5.41, 5.74) is 5.24. The molecule has 1 fully saturated rings. The fourth-order valence-corrected chi connectivity index (χ4v) is 3.01. The zero-order valence-corrected chi connectivity index (χ0v) is 16.1. The topological polar surface area (TPSA) is 24.5 Å². The molecular formula is C21H31ClN2O. The number of unbranched alkanes of at least 4 members (excludes halogenated alkanes) is 1. The zero-order chi connectivity index (χ0) is 17.7. The van der Waals surface area contributed by atoms with Gasteiger partial charge in [-0.3, -0.25) is 10.3 Å². The Labute approximate surface area is 157 Å². The van der Waals surface area contributed by atoms with E-state index in [2.05, 4.69) is 35.5 Å². The lowest BCUT2D eigenvalue weighted by Gasteiger charge is -2.26. The molecule has 1 aliphatic rings. The number of hydroxylamine groups is 1. The number of nitrogens with zero attached hydrogens (tertiary/aromatic N) is 1. The highest BCUT2D eigenvalue weighted by molar-refractivity contribution is 6.30. The van der Waals surface area contributed by atoms with Gasteiger partial charge in [0.2, 0.25) is 0 Å². The molecule has 1 N–H and O–H groups in total. The Bertz CT molecular complexity index is 533. The van der Waals surface area contributed by atoms with Gasteiger partial charge in [0.25, 0.3) is 0 Å². The van der Waals surface area contributed by atoms with E-state index < -0.39 is 0 Å². The molecule has 0 atom stereocenters. The summed E-state index contributed by atoms with van der Waals surface area (Å²) in [7, 11) is 0. The van der Waals surface area contributed by atoms with Crippen LogP contribution in [-0.2, 0) is 4.84 Å². The number of halogens is 1. The summed E-state index contributed by atoms with van der Waals surface area (Å²) in [6.07, 6.45) is 13.6. The minimum Gasteiger partial charge on any atom is -0.303 e. The second kappa shape index (κ2) is 12.1. The van der Waals surface area contributed by atoms with Crippen LogP contribution in [-0.4, -0.2) is 31.1 Å². The van der Waals surface area contributed by atoms with E-state index in [9.17, 15) is 0 Å². The molecular weight excluding hydrogens is 332 g/mol. The Morgan fingerprint density at radius 1 is 1.20 bits per heavy atom. The average molecular weight is 363 g/mol. The summed E-state index contributed by atoms with van der Waals surface area (Å²) in [6, 6.07) is 7.83. The summed E-state index contributed by atoms with van der Waals surface area (Å²) in [5, 5.41) is 0.758. The molecule has 0 spiro atoms. The molecule has 1 aromatic carbocycles. The standard InChI is InChI=1S/C21H31ClN2O/c1-2-3-8-21(14-11-19-9-12-20(22)13-10-19)23-25-18-7-17-24-15-5-4-6-16-24/h8-14,23H,2-7,15-18H2,1H3. The SMILES string of the molecule is CCCC=C(C=Cc1ccc(Cl)cc1)NOCCCN1CCCCC1. The molecule has 1 heterocycles. The fraction of sp³-hybridized carbons (Fsp3) is 0.524. The molecule has 0 radical (unpaired) electrons. The molecule has 0 amide bonds. The van der Waals surface area contributed by atoms with Crippen LogP contribution in [0.15, 0.2) is 42.1 Å². The number of rotatable bonds is 10. The fourth-order valence-electron chi connectivity index (χ4n) is 2.88. The normalized spacial score (nSPS) is 16.5. The average Bonchev–Trinajstić information content (AvgIpc) is 2.65. The summed E-state index contributed by atoms with van der Waals surface area (Å²) in [5.74, 6) is 0. The molecule has 4 heteroatoms. The van der Waals surface area contributed by atoms with E-state index in [1.54, 1.807) is 0 Å². The smallest absolute Gasteiger partial charge is 0.0758 e. The Balaban J connectivity index is 1.72. The van der Waals surface area contributed by atoms with Gasteiger partial charge in [0.1, 0.15) is 0 Å². The van der Waals surface area contributed by atoms with E-state index in [0.29, 0.717) is 0 Å². The van der Waals surface area contributed by atoms with E-state index in [1.165, 1.54) is 32.4 Å². The second-order valence-corrected chi connectivity index (χ2v) is 6.98. The van der Waals surface area contributed by atoms with Crippen LogP contribution in [0.3, 0.4) is 0 Å². The molecule has 0 aliphatic carbocycles. The Hall–Kier alpha value is -1.29. The van der Waals surface area contributed by atoms with Gasteiger partial charge in [-0.15, -0.1) is 0 Å². The molecule has 0 unspecified atom stereocenters. The quantitative estimate of drug-likeness (QED) is 0.341. The monoisotopic (exact) mass is 362 g/mol. The van der Waals surface area contributed by atoms with Crippen molar-refractivity contribution in [2.75, 3.05) is 26.2 Å². The van der Waals surface area contributed by atoms with Gasteiger partial charge in [0.15, 0.2) is 0 Å². The molecule has 2 rings (SSSR count). The van der Waals surface area contributed by atoms with Crippen LogP contribution in [0, 0.1) is 0 Å². The van der Waals surface area contributed by atoms with Crippen molar-refractivity contribution in [2.45, 2.75) is 45.4 Å². The van der Waals surface area contributed by atoms with Crippen molar-refractivity contribution in [2.24, 2.45) is 0 Å². The Morgan fingerprint density at radius 2 is 1.96 bits per heavy atom. The molecule has 25 heavy (non-hydrogen) atoms. The molecule has 1 saturated heterocycles. The van der Waals surface area contributed by atoms with Crippen molar-refractivity contribution < 1.29 is 4.84 Å². The van der Waals surface area contributed by atoms with E-state index >= 15 is 0 Å². The minimum atomic E-state index is 0.731. The first-order valence-electron chi connectivity index (χ1n) is 9.52. The molecule has 0 aromatic heterocycles. The number of hydrogen-bond acceptors (Lipinski definition) is 3. The summed E-state index contributed by atoms with van der Waals surface area (Å²) < 4.78 is 0. The van der Waals surface area contributed by atoms with Crippen molar-refractivity contribution >= 4 is 17.7 Å². The molecule has 138 valence electrons. The Kier molecular flexibility index (Phi) is 9.71. The van der Waals surface area contributed by atoms with Gasteiger partial charge in [-0.2, -0.15) is 0 Å². The van der Waals surface area contributed by atoms with Gasteiger partial charge in [-0.05, 0) is 62.5 Å². The van der Waals surface area contributed by atoms with Crippen molar-refractivity contribution in [3.8, 4) is 0 Å². The lowest BCUT2D eigenvalue weighted by Crippen LogP contribution is -2.31. The van der Waals surface area contributed by atoms with Crippen LogP contribution in [0.1, 0.15) is 51.0 Å². The van der Waals surface area contributed by atoms with Gasteiger partial charge in [0, 0.05) is 11.6 Å². The predicted molar refractivity (Wildman–Crippen MR) is 107 cm³/mol. The number of hydrogen-bond donors (Lipinski definition) is 1. The first-order valence-corrected chi connectivity index (χ1v) is 9.89. The van der Waals surface area contributed by atoms with Crippen molar-refractivity contribution in [1.82, 2.24) is 10.4 Å². The van der Waals surface area contributed by atoms with Crippen molar-refractivity contribution in [3.63, 3.8) is 0 Å². The summed E-state index contributed by atoms with van der Waals surface area (Å²) >= 11 is 5.93. The number of nitrogens with one attached hydrogen (secondary N) is 1. The summed E-state index contributed by atoms with van der Waals surface area (Å²) in [6.45, 7) is 6.54. The molecule has 0 saturated carbocycles. The Morgan fingerprint density at radius 3 is 2.68 bits per heavy atom. The van der Waals surface area contributed by atoms with Crippen LogP contribution >= 0.6 is 11.6 Å². The zero-order valence-electron chi connectivity index (χ0n) is 15.3. The first-order chi connectivity index (χ1) is 12.3. The van der Waals surface area contributed by atoms with Gasteiger partial charge in [-0.25, -0.2) is 0 Å². The van der Waals surface area contributed by atoms with Crippen molar-refractivity contribution in [3.05, 3.63) is 52.7 Å². The van der Waals surface area contributed by atoms with Gasteiger partial charge < -0.3 is 4.90 Å². The number of piperidine rings is 1. The van der Waals surface area contributed by atoms with Crippen LogP contribution in [0.25, 0.3) is 6.08 Å². The minimum absolute atomic E-state index is 0.731. The van der Waals surface area contributed by atoms with Crippen molar-refractivity contribution in [1.29, 1.82) is 0 Å². The number of likely N-dealkylation sites (tertiary alicyclic amines) is 1. The maximum atomic E-state index is 5.93. The van der Waals surface area contributed by atoms with E-state index in [0.717, 1.165) is 48.7 Å². The van der Waals surface area contributed by atoms with Crippen LogP contribution in [0.5, 0.6) is 0 Å².